The van der Waals surface area contributed by atoms with E-state index in [0.29, 0.717) is 13.0 Å². The van der Waals surface area contributed by atoms with Crippen LogP contribution in [0.5, 0.6) is 0 Å². The first kappa shape index (κ1) is 23.7. The number of carbonyl (C=O) groups is 5. The lowest BCUT2D eigenvalue weighted by atomic mass is 10.1. The van der Waals surface area contributed by atoms with Gasteiger partial charge in [0.15, 0.2) is 0 Å². The first-order valence-corrected chi connectivity index (χ1v) is 8.73. The lowest BCUT2D eigenvalue weighted by Gasteiger charge is -2.12. The summed E-state index contributed by atoms with van der Waals surface area (Å²) in [6.45, 7) is 2.98. The molecule has 0 spiro atoms. The van der Waals surface area contributed by atoms with Gasteiger partial charge in [0.2, 0.25) is 17.7 Å². The van der Waals surface area contributed by atoms with Crippen LogP contribution in [0, 0.1) is 0 Å². The Balaban J connectivity index is 3.72. The van der Waals surface area contributed by atoms with Gasteiger partial charge in [-0.15, -0.1) is 0 Å². The van der Waals surface area contributed by atoms with E-state index in [9.17, 15) is 24.0 Å². The number of Topliss-reactive ketones (excluding diaryl/α,β-unsaturated/α-hetero) is 2. The summed E-state index contributed by atoms with van der Waals surface area (Å²) in [4.78, 5) is 56.5. The molecule has 3 amide bonds. The minimum Gasteiger partial charge on any atom is -0.355 e. The highest BCUT2D eigenvalue weighted by Gasteiger charge is 2.11. The first-order valence-electron chi connectivity index (χ1n) is 8.73. The maximum atomic E-state index is 11.6. The van der Waals surface area contributed by atoms with Crippen LogP contribution in [-0.4, -0.2) is 62.0 Å². The third-order valence-corrected chi connectivity index (χ3v) is 3.68. The molecule has 0 aromatic carbocycles. The second kappa shape index (κ2) is 13.9. The molecule has 9 heteroatoms. The second-order valence-electron chi connectivity index (χ2n) is 6.05. The third kappa shape index (κ3) is 13.1. The lowest BCUT2D eigenvalue weighted by molar-refractivity contribution is -0.128. The van der Waals surface area contributed by atoms with Gasteiger partial charge in [0.1, 0.15) is 11.6 Å². The Morgan fingerprint density at radius 1 is 0.769 bits per heavy atom. The summed E-state index contributed by atoms with van der Waals surface area (Å²) < 4.78 is 0. The number of amides is 3. The van der Waals surface area contributed by atoms with Crippen LogP contribution in [-0.2, 0) is 24.0 Å². The van der Waals surface area contributed by atoms with E-state index in [1.54, 1.807) is 7.05 Å². The predicted molar refractivity (Wildman–Crippen MR) is 96.3 cm³/mol. The van der Waals surface area contributed by atoms with E-state index in [1.165, 1.54) is 13.8 Å². The zero-order chi connectivity index (χ0) is 19.9. The number of hydrogen-bond acceptors (Lipinski definition) is 6. The predicted octanol–water partition coefficient (Wildman–Crippen LogP) is -0.948. The van der Waals surface area contributed by atoms with Crippen molar-refractivity contribution in [3.05, 3.63) is 0 Å². The van der Waals surface area contributed by atoms with Gasteiger partial charge in [-0.3, -0.25) is 19.2 Å². The van der Waals surface area contributed by atoms with Crippen molar-refractivity contribution in [1.29, 1.82) is 0 Å². The molecule has 4 N–H and O–H groups in total. The van der Waals surface area contributed by atoms with Gasteiger partial charge in [0, 0.05) is 19.4 Å². The maximum absolute atomic E-state index is 11.6. The summed E-state index contributed by atoms with van der Waals surface area (Å²) in [5.41, 5.74) is 0. The van der Waals surface area contributed by atoms with Crippen molar-refractivity contribution < 1.29 is 24.0 Å². The van der Waals surface area contributed by atoms with Crippen molar-refractivity contribution in [3.63, 3.8) is 0 Å². The molecule has 0 aliphatic heterocycles. The molecule has 0 saturated carbocycles. The van der Waals surface area contributed by atoms with Crippen LogP contribution < -0.4 is 21.3 Å². The van der Waals surface area contributed by atoms with Crippen molar-refractivity contribution in [2.75, 3.05) is 26.7 Å². The van der Waals surface area contributed by atoms with Crippen molar-refractivity contribution >= 4 is 29.3 Å². The molecule has 0 fully saturated rings. The summed E-state index contributed by atoms with van der Waals surface area (Å²) in [7, 11) is 1.74. The average Bonchev–Trinajstić information content (AvgIpc) is 2.58. The van der Waals surface area contributed by atoms with Crippen LogP contribution >= 0.6 is 0 Å². The summed E-state index contributed by atoms with van der Waals surface area (Å²) in [5, 5.41) is 10.4. The quantitative estimate of drug-likeness (QED) is 0.291. The van der Waals surface area contributed by atoms with Crippen molar-refractivity contribution in [2.24, 2.45) is 0 Å². The molecule has 0 rings (SSSR count). The highest BCUT2D eigenvalue weighted by Crippen LogP contribution is 2.01. The normalized spacial score (nSPS) is 11.3. The molecule has 0 radical (unpaired) electrons. The molecule has 0 aromatic heterocycles. The van der Waals surface area contributed by atoms with Crippen LogP contribution in [0.3, 0.4) is 0 Å². The average molecular weight is 370 g/mol. The standard InChI is InChI=1S/C17H30N4O5/c1-12(22)7-8-15(24)20-11-17(26)21-10-16(25)19-9-5-4-6-14(18-3)13(2)23/h14,18H,4-11H2,1-3H3,(H,19,25)(H,20,24)(H,21,26). The highest BCUT2D eigenvalue weighted by molar-refractivity contribution is 5.89. The maximum Gasteiger partial charge on any atom is 0.239 e. The molecule has 26 heavy (non-hydrogen) atoms. The molecule has 0 aliphatic rings. The Hall–Kier alpha value is -2.29. The second-order valence-corrected chi connectivity index (χ2v) is 6.05. The SMILES string of the molecule is CNC(CCCCNC(=O)CNC(=O)CNC(=O)CCC(C)=O)C(C)=O. The van der Waals surface area contributed by atoms with Crippen molar-refractivity contribution in [2.45, 2.75) is 52.0 Å². The van der Waals surface area contributed by atoms with E-state index in [2.05, 4.69) is 21.3 Å². The van der Waals surface area contributed by atoms with Gasteiger partial charge in [-0.1, -0.05) is 0 Å². The fraction of sp³-hybridized carbons (Fsp3) is 0.706. The molecule has 0 heterocycles. The zero-order valence-electron chi connectivity index (χ0n) is 15.8. The number of hydrogen-bond donors (Lipinski definition) is 4. The molecular formula is C17H30N4O5. The molecule has 0 saturated heterocycles. The van der Waals surface area contributed by atoms with Crippen LogP contribution in [0.25, 0.3) is 0 Å². The van der Waals surface area contributed by atoms with Gasteiger partial charge in [-0.05, 0) is 40.2 Å². The number of carbonyl (C=O) groups excluding carboxylic acids is 5. The lowest BCUT2D eigenvalue weighted by Crippen LogP contribution is -2.42. The summed E-state index contributed by atoms with van der Waals surface area (Å²) in [5.74, 6) is -1.19. The van der Waals surface area contributed by atoms with Gasteiger partial charge in [0.25, 0.3) is 0 Å². The Morgan fingerprint density at radius 2 is 1.35 bits per heavy atom. The fourth-order valence-corrected chi connectivity index (χ4v) is 2.11. The minimum atomic E-state index is -0.477. The molecule has 1 unspecified atom stereocenters. The molecule has 0 bridgehead atoms. The number of likely N-dealkylation sites (N-methyl/N-ethyl adjacent to an activating group) is 1. The van der Waals surface area contributed by atoms with Gasteiger partial charge < -0.3 is 26.1 Å². The summed E-state index contributed by atoms with van der Waals surface area (Å²) in [6, 6.07) is -0.157. The summed E-state index contributed by atoms with van der Waals surface area (Å²) >= 11 is 0. The monoisotopic (exact) mass is 370 g/mol. The van der Waals surface area contributed by atoms with Gasteiger partial charge in [0.05, 0.1) is 19.1 Å². The van der Waals surface area contributed by atoms with Crippen LogP contribution in [0.1, 0.15) is 46.0 Å². The number of unbranched alkanes of at least 4 members (excludes halogenated alkanes) is 1. The van der Waals surface area contributed by atoms with Gasteiger partial charge in [-0.2, -0.15) is 0 Å². The number of ketones is 2. The van der Waals surface area contributed by atoms with Crippen LogP contribution in [0.4, 0.5) is 0 Å². The van der Waals surface area contributed by atoms with E-state index in [-0.39, 0.29) is 55.4 Å². The van der Waals surface area contributed by atoms with Gasteiger partial charge in [-0.25, -0.2) is 0 Å². The number of rotatable bonds is 14. The third-order valence-electron chi connectivity index (χ3n) is 3.68. The summed E-state index contributed by atoms with van der Waals surface area (Å²) in [6.07, 6.45) is 2.42. The van der Waals surface area contributed by atoms with E-state index in [1.807, 2.05) is 0 Å². The smallest absolute Gasteiger partial charge is 0.239 e. The van der Waals surface area contributed by atoms with E-state index < -0.39 is 5.91 Å². The Labute approximate surface area is 154 Å². The van der Waals surface area contributed by atoms with E-state index in [4.69, 9.17) is 0 Å². The fourth-order valence-electron chi connectivity index (χ4n) is 2.11. The zero-order valence-corrected chi connectivity index (χ0v) is 15.8. The molecule has 9 nitrogen and oxygen atoms in total. The van der Waals surface area contributed by atoms with E-state index >= 15 is 0 Å². The molecule has 148 valence electrons. The highest BCUT2D eigenvalue weighted by atomic mass is 16.2. The number of nitrogens with one attached hydrogen (secondary N) is 4. The minimum absolute atomic E-state index is 0.0428. The Bertz CT molecular complexity index is 507. The van der Waals surface area contributed by atoms with Crippen LogP contribution in [0.15, 0.2) is 0 Å². The molecule has 0 aromatic rings. The Kier molecular flexibility index (Phi) is 12.7. The Morgan fingerprint density at radius 3 is 1.88 bits per heavy atom. The molecular weight excluding hydrogens is 340 g/mol. The largest absolute Gasteiger partial charge is 0.355 e. The molecule has 1 atom stereocenters. The molecule has 0 aliphatic carbocycles. The van der Waals surface area contributed by atoms with Crippen molar-refractivity contribution in [3.8, 4) is 0 Å². The van der Waals surface area contributed by atoms with Crippen LogP contribution in [0.2, 0.25) is 0 Å². The van der Waals surface area contributed by atoms with Crippen molar-refractivity contribution in [1.82, 2.24) is 21.3 Å². The van der Waals surface area contributed by atoms with E-state index in [0.717, 1.165) is 12.8 Å². The topological polar surface area (TPSA) is 133 Å². The first-order chi connectivity index (χ1) is 12.3. The van der Waals surface area contributed by atoms with Gasteiger partial charge >= 0.3 is 0 Å².